The summed E-state index contributed by atoms with van der Waals surface area (Å²) >= 11 is 0. The van der Waals surface area contributed by atoms with Crippen molar-refractivity contribution in [2.24, 2.45) is 0 Å². The van der Waals surface area contributed by atoms with Crippen molar-refractivity contribution in [3.63, 3.8) is 0 Å². The van der Waals surface area contributed by atoms with Gasteiger partial charge in [-0.25, -0.2) is 0 Å². The molecule has 0 aromatic heterocycles. The smallest absolute Gasteiger partial charge is 0.128 e. The van der Waals surface area contributed by atoms with E-state index in [4.69, 9.17) is 9.47 Å². The molecule has 0 spiro atoms. The second-order valence-corrected chi connectivity index (χ2v) is 5.20. The molecule has 2 heteroatoms. The molecular formula is C20H20O2. The van der Waals surface area contributed by atoms with E-state index in [-0.39, 0.29) is 0 Å². The highest BCUT2D eigenvalue weighted by Crippen LogP contribution is 2.27. The highest BCUT2D eigenvalue weighted by Gasteiger charge is 2.01. The first-order valence-corrected chi connectivity index (χ1v) is 7.72. The maximum absolute atomic E-state index is 5.92. The number of rotatable bonds is 5. The van der Waals surface area contributed by atoms with E-state index < -0.39 is 0 Å². The molecule has 3 aromatic rings. The molecule has 0 saturated heterocycles. The minimum Gasteiger partial charge on any atom is -0.494 e. The predicted octanol–water partition coefficient (Wildman–Crippen LogP) is 5.59. The van der Waals surface area contributed by atoms with Gasteiger partial charge in [0.2, 0.25) is 0 Å². The summed E-state index contributed by atoms with van der Waals surface area (Å²) in [5, 5.41) is 2.44. The molecule has 3 rings (SSSR count). The molecule has 3 aromatic carbocycles. The molecule has 0 fully saturated rings. The van der Waals surface area contributed by atoms with Crippen LogP contribution >= 0.6 is 0 Å². The fraction of sp³-hybridized carbons (Fsp3) is 0.200. The van der Waals surface area contributed by atoms with Crippen LogP contribution in [0.5, 0.6) is 17.2 Å². The van der Waals surface area contributed by atoms with Crippen LogP contribution in [0.1, 0.15) is 19.4 Å². The van der Waals surface area contributed by atoms with Gasteiger partial charge in [-0.05, 0) is 66.1 Å². The first-order chi connectivity index (χ1) is 10.8. The largest absolute Gasteiger partial charge is 0.494 e. The lowest BCUT2D eigenvalue weighted by Gasteiger charge is -2.09. The van der Waals surface area contributed by atoms with Gasteiger partial charge < -0.3 is 9.47 Å². The molecule has 0 saturated carbocycles. The van der Waals surface area contributed by atoms with Crippen molar-refractivity contribution in [3.8, 4) is 17.2 Å². The third-order valence-corrected chi connectivity index (χ3v) is 3.65. The van der Waals surface area contributed by atoms with Crippen LogP contribution in [0.15, 0.2) is 60.7 Å². The van der Waals surface area contributed by atoms with E-state index >= 15 is 0 Å². The highest BCUT2D eigenvalue weighted by atomic mass is 16.5. The van der Waals surface area contributed by atoms with E-state index in [9.17, 15) is 0 Å². The molecule has 2 nitrogen and oxygen atoms in total. The number of hydrogen-bond donors (Lipinski definition) is 0. The summed E-state index contributed by atoms with van der Waals surface area (Å²) in [6.07, 6.45) is 1.06. The summed E-state index contributed by atoms with van der Waals surface area (Å²) in [6.45, 7) is 4.82. The Morgan fingerprint density at radius 1 is 0.682 bits per heavy atom. The number of ether oxygens (including phenoxy) is 2. The molecule has 0 aliphatic heterocycles. The van der Waals surface area contributed by atoms with Crippen LogP contribution in [0.3, 0.4) is 0 Å². The van der Waals surface area contributed by atoms with Crippen molar-refractivity contribution >= 4 is 10.8 Å². The Balaban J connectivity index is 1.81. The summed E-state index contributed by atoms with van der Waals surface area (Å²) < 4.78 is 11.4. The Kier molecular flexibility index (Phi) is 4.29. The SMILES string of the molecule is CCOc1ccc(Oc2ccc3cc(CC)ccc3c2)cc1. The fourth-order valence-electron chi connectivity index (χ4n) is 2.46. The molecule has 22 heavy (non-hydrogen) atoms. The zero-order valence-corrected chi connectivity index (χ0v) is 13.0. The maximum Gasteiger partial charge on any atom is 0.128 e. The Hall–Kier alpha value is -2.48. The van der Waals surface area contributed by atoms with Crippen molar-refractivity contribution in [2.75, 3.05) is 6.61 Å². The Bertz CT molecular complexity index is 760. The zero-order valence-electron chi connectivity index (χ0n) is 13.0. The van der Waals surface area contributed by atoms with Crippen LogP contribution in [0.25, 0.3) is 10.8 Å². The normalized spacial score (nSPS) is 10.6. The average molecular weight is 292 g/mol. The third-order valence-electron chi connectivity index (χ3n) is 3.65. The second-order valence-electron chi connectivity index (χ2n) is 5.20. The topological polar surface area (TPSA) is 18.5 Å². The number of fused-ring (bicyclic) bond motifs is 1. The lowest BCUT2D eigenvalue weighted by Crippen LogP contribution is -1.91. The molecule has 0 atom stereocenters. The van der Waals surface area contributed by atoms with E-state index in [1.807, 2.05) is 37.3 Å². The Labute approximate surface area is 131 Å². The van der Waals surface area contributed by atoms with E-state index in [0.29, 0.717) is 6.61 Å². The van der Waals surface area contributed by atoms with Crippen LogP contribution in [0, 0.1) is 0 Å². The van der Waals surface area contributed by atoms with Crippen LogP contribution in [0.2, 0.25) is 0 Å². The summed E-state index contributed by atoms with van der Waals surface area (Å²) in [6, 6.07) is 20.5. The van der Waals surface area contributed by atoms with Gasteiger partial charge in [0.1, 0.15) is 17.2 Å². The van der Waals surface area contributed by atoms with Crippen LogP contribution < -0.4 is 9.47 Å². The molecule has 0 N–H and O–H groups in total. The Morgan fingerprint density at radius 3 is 2.05 bits per heavy atom. The van der Waals surface area contributed by atoms with Gasteiger partial charge in [-0.3, -0.25) is 0 Å². The lowest BCUT2D eigenvalue weighted by atomic mass is 10.1. The van der Waals surface area contributed by atoms with Crippen molar-refractivity contribution in [1.82, 2.24) is 0 Å². The second kappa shape index (κ2) is 6.52. The Morgan fingerprint density at radius 2 is 1.32 bits per heavy atom. The summed E-state index contributed by atoms with van der Waals surface area (Å²) in [4.78, 5) is 0. The molecule has 0 heterocycles. The van der Waals surface area contributed by atoms with Gasteiger partial charge in [0.25, 0.3) is 0 Å². The zero-order chi connectivity index (χ0) is 15.4. The van der Waals surface area contributed by atoms with Gasteiger partial charge in [0.15, 0.2) is 0 Å². The van der Waals surface area contributed by atoms with E-state index in [2.05, 4.69) is 37.3 Å². The van der Waals surface area contributed by atoms with Crippen molar-refractivity contribution in [1.29, 1.82) is 0 Å². The number of aryl methyl sites for hydroxylation is 1. The highest BCUT2D eigenvalue weighted by molar-refractivity contribution is 5.84. The standard InChI is InChI=1S/C20H20O2/c1-3-15-5-6-17-14-20(8-7-16(17)13-15)22-19-11-9-18(10-12-19)21-4-2/h5-14H,3-4H2,1-2H3. The van der Waals surface area contributed by atoms with E-state index in [0.717, 1.165) is 23.7 Å². The number of benzene rings is 3. The maximum atomic E-state index is 5.92. The summed E-state index contributed by atoms with van der Waals surface area (Å²) in [7, 11) is 0. The first kappa shape index (κ1) is 14.5. The molecular weight excluding hydrogens is 272 g/mol. The molecule has 0 aliphatic carbocycles. The third kappa shape index (κ3) is 3.22. The summed E-state index contributed by atoms with van der Waals surface area (Å²) in [5.41, 5.74) is 1.35. The fourth-order valence-corrected chi connectivity index (χ4v) is 2.46. The molecule has 0 unspecified atom stereocenters. The molecule has 0 aliphatic rings. The monoisotopic (exact) mass is 292 g/mol. The van der Waals surface area contributed by atoms with Gasteiger partial charge in [-0.2, -0.15) is 0 Å². The molecule has 0 amide bonds. The number of hydrogen-bond acceptors (Lipinski definition) is 2. The van der Waals surface area contributed by atoms with Gasteiger partial charge in [-0.1, -0.05) is 31.2 Å². The minimum atomic E-state index is 0.671. The van der Waals surface area contributed by atoms with Gasteiger partial charge in [0.05, 0.1) is 6.61 Å². The van der Waals surface area contributed by atoms with Gasteiger partial charge in [0, 0.05) is 0 Å². The van der Waals surface area contributed by atoms with E-state index in [1.54, 1.807) is 0 Å². The molecule has 0 radical (unpaired) electrons. The first-order valence-electron chi connectivity index (χ1n) is 7.72. The van der Waals surface area contributed by atoms with Crippen LogP contribution in [-0.2, 0) is 6.42 Å². The van der Waals surface area contributed by atoms with Gasteiger partial charge in [-0.15, -0.1) is 0 Å². The van der Waals surface area contributed by atoms with Crippen LogP contribution in [-0.4, -0.2) is 6.61 Å². The lowest BCUT2D eigenvalue weighted by molar-refractivity contribution is 0.339. The molecule has 112 valence electrons. The minimum absolute atomic E-state index is 0.671. The van der Waals surface area contributed by atoms with E-state index in [1.165, 1.54) is 16.3 Å². The molecule has 0 bridgehead atoms. The predicted molar refractivity (Wildman–Crippen MR) is 91.0 cm³/mol. The van der Waals surface area contributed by atoms with Crippen LogP contribution in [0.4, 0.5) is 0 Å². The average Bonchev–Trinajstić information content (AvgIpc) is 2.56. The quantitative estimate of drug-likeness (QED) is 0.610. The van der Waals surface area contributed by atoms with Crippen molar-refractivity contribution in [2.45, 2.75) is 20.3 Å². The summed E-state index contributed by atoms with van der Waals surface area (Å²) in [5.74, 6) is 2.52. The van der Waals surface area contributed by atoms with Gasteiger partial charge >= 0.3 is 0 Å². The van der Waals surface area contributed by atoms with Crippen molar-refractivity contribution < 1.29 is 9.47 Å². The van der Waals surface area contributed by atoms with Crippen molar-refractivity contribution in [3.05, 3.63) is 66.2 Å².